The van der Waals surface area contributed by atoms with Crippen molar-refractivity contribution in [3.05, 3.63) is 29.8 Å². The van der Waals surface area contributed by atoms with E-state index in [1.54, 1.807) is 0 Å². The number of ether oxygens (including phenoxy) is 1. The maximum atomic E-state index is 12.8. The molecule has 3 heterocycles. The highest BCUT2D eigenvalue weighted by molar-refractivity contribution is 5.83. The van der Waals surface area contributed by atoms with Gasteiger partial charge in [0, 0.05) is 32.1 Å². The highest BCUT2D eigenvalue weighted by Crippen LogP contribution is 2.29. The molecule has 140 valence electrons. The molecular weight excluding hydrogens is 328 g/mol. The van der Waals surface area contributed by atoms with Crippen molar-refractivity contribution in [3.63, 3.8) is 0 Å². The fourth-order valence-electron chi connectivity index (χ4n) is 4.42. The summed E-state index contributed by atoms with van der Waals surface area (Å²) in [6, 6.07) is 7.96. The molecule has 0 saturated carbocycles. The smallest absolute Gasteiger partial charge is 0.263 e. The van der Waals surface area contributed by atoms with Crippen molar-refractivity contribution < 1.29 is 14.3 Å². The van der Waals surface area contributed by atoms with E-state index in [0.29, 0.717) is 19.0 Å². The number of carbonyl (C=O) groups excluding carboxylic acids is 2. The predicted molar refractivity (Wildman–Crippen MR) is 98.9 cm³/mol. The summed E-state index contributed by atoms with van der Waals surface area (Å²) in [7, 11) is 0. The van der Waals surface area contributed by atoms with Gasteiger partial charge >= 0.3 is 0 Å². The maximum Gasteiger partial charge on any atom is 0.263 e. The summed E-state index contributed by atoms with van der Waals surface area (Å²) >= 11 is 0. The van der Waals surface area contributed by atoms with Crippen LogP contribution in [0.4, 0.5) is 0 Å². The number of hydrogen-bond acceptors (Lipinski definition) is 3. The molecule has 0 aromatic heterocycles. The standard InChI is InChI=1S/C21H28N2O3/c24-20(22-12-4-1-5-13-22)17-10-14-23(15-11-17)21(25)19-9-8-16-6-2-3-7-18(16)26-19/h2-3,6-7,17,19H,1,4-5,8-15H2/t19-/m1/s1. The number of benzene rings is 1. The molecule has 1 atom stereocenters. The number of likely N-dealkylation sites (tertiary alicyclic amines) is 2. The summed E-state index contributed by atoms with van der Waals surface area (Å²) in [5.74, 6) is 1.32. The number of rotatable bonds is 2. The fourth-order valence-corrected chi connectivity index (χ4v) is 4.42. The first-order valence-corrected chi connectivity index (χ1v) is 10.0. The Labute approximate surface area is 155 Å². The van der Waals surface area contributed by atoms with Gasteiger partial charge in [0.25, 0.3) is 5.91 Å². The van der Waals surface area contributed by atoms with Crippen LogP contribution in [-0.4, -0.2) is 53.9 Å². The molecule has 4 rings (SSSR count). The summed E-state index contributed by atoms with van der Waals surface area (Å²) in [6.45, 7) is 3.16. The van der Waals surface area contributed by atoms with Gasteiger partial charge in [-0.05, 0) is 56.6 Å². The molecule has 1 aromatic carbocycles. The Morgan fingerprint density at radius 3 is 2.31 bits per heavy atom. The molecule has 2 fully saturated rings. The Hall–Kier alpha value is -2.04. The zero-order valence-corrected chi connectivity index (χ0v) is 15.4. The van der Waals surface area contributed by atoms with E-state index >= 15 is 0 Å². The highest BCUT2D eigenvalue weighted by Gasteiger charge is 2.34. The normalized spacial score (nSPS) is 23.9. The summed E-state index contributed by atoms with van der Waals surface area (Å²) < 4.78 is 5.95. The SMILES string of the molecule is O=C(C1CCN(C(=O)[C@H]2CCc3ccccc3O2)CC1)N1CCCCC1. The van der Waals surface area contributed by atoms with Crippen LogP contribution in [-0.2, 0) is 16.0 Å². The van der Waals surface area contributed by atoms with Gasteiger partial charge in [-0.25, -0.2) is 0 Å². The van der Waals surface area contributed by atoms with E-state index in [1.165, 1.54) is 12.0 Å². The zero-order chi connectivity index (χ0) is 17.9. The third-order valence-corrected chi connectivity index (χ3v) is 6.02. The monoisotopic (exact) mass is 356 g/mol. The summed E-state index contributed by atoms with van der Waals surface area (Å²) in [6.07, 6.45) is 6.31. The van der Waals surface area contributed by atoms with Crippen LogP contribution in [0.3, 0.4) is 0 Å². The Morgan fingerprint density at radius 1 is 0.846 bits per heavy atom. The minimum atomic E-state index is -0.376. The number of fused-ring (bicyclic) bond motifs is 1. The second-order valence-electron chi connectivity index (χ2n) is 7.74. The number of carbonyl (C=O) groups is 2. The van der Waals surface area contributed by atoms with Crippen molar-refractivity contribution in [1.82, 2.24) is 9.80 Å². The van der Waals surface area contributed by atoms with E-state index in [-0.39, 0.29) is 17.9 Å². The van der Waals surface area contributed by atoms with Gasteiger partial charge in [0.05, 0.1) is 0 Å². The first-order valence-electron chi connectivity index (χ1n) is 10.0. The topological polar surface area (TPSA) is 49.9 Å². The second-order valence-corrected chi connectivity index (χ2v) is 7.74. The van der Waals surface area contributed by atoms with Gasteiger partial charge in [-0.3, -0.25) is 9.59 Å². The van der Waals surface area contributed by atoms with Gasteiger partial charge < -0.3 is 14.5 Å². The maximum absolute atomic E-state index is 12.8. The molecule has 0 aliphatic carbocycles. The average molecular weight is 356 g/mol. The number of para-hydroxylation sites is 1. The molecule has 5 heteroatoms. The molecule has 5 nitrogen and oxygen atoms in total. The quantitative estimate of drug-likeness (QED) is 0.818. The summed E-state index contributed by atoms with van der Waals surface area (Å²) in [5, 5.41) is 0. The Bertz CT molecular complexity index is 661. The van der Waals surface area contributed by atoms with E-state index < -0.39 is 0 Å². The van der Waals surface area contributed by atoms with Gasteiger partial charge in [-0.1, -0.05) is 18.2 Å². The van der Waals surface area contributed by atoms with E-state index in [1.807, 2.05) is 28.0 Å². The molecule has 0 bridgehead atoms. The second kappa shape index (κ2) is 7.68. The van der Waals surface area contributed by atoms with Gasteiger partial charge in [0.15, 0.2) is 6.10 Å². The summed E-state index contributed by atoms with van der Waals surface area (Å²) in [5.41, 5.74) is 1.18. The Morgan fingerprint density at radius 2 is 1.54 bits per heavy atom. The molecule has 3 aliphatic rings. The molecule has 26 heavy (non-hydrogen) atoms. The van der Waals surface area contributed by atoms with Crippen LogP contribution in [0.2, 0.25) is 0 Å². The van der Waals surface area contributed by atoms with Crippen LogP contribution in [0, 0.1) is 5.92 Å². The number of hydrogen-bond donors (Lipinski definition) is 0. The van der Waals surface area contributed by atoms with E-state index in [4.69, 9.17) is 4.74 Å². The summed E-state index contributed by atoms with van der Waals surface area (Å²) in [4.78, 5) is 29.4. The lowest BCUT2D eigenvalue weighted by Crippen LogP contribution is -2.49. The number of amides is 2. The molecule has 0 spiro atoms. The molecule has 3 aliphatic heterocycles. The van der Waals surface area contributed by atoms with Crippen LogP contribution in [0.5, 0.6) is 5.75 Å². The van der Waals surface area contributed by atoms with Crippen molar-refractivity contribution in [2.45, 2.75) is 51.0 Å². The van der Waals surface area contributed by atoms with Crippen molar-refractivity contribution >= 4 is 11.8 Å². The molecule has 0 unspecified atom stereocenters. The zero-order valence-electron chi connectivity index (χ0n) is 15.4. The third kappa shape index (κ3) is 3.57. The van der Waals surface area contributed by atoms with Crippen molar-refractivity contribution in [3.8, 4) is 5.75 Å². The lowest BCUT2D eigenvalue weighted by atomic mass is 9.93. The number of nitrogens with zero attached hydrogens (tertiary/aromatic N) is 2. The fraction of sp³-hybridized carbons (Fsp3) is 0.619. The molecule has 1 aromatic rings. The molecule has 0 radical (unpaired) electrons. The first-order chi connectivity index (χ1) is 12.7. The molecular formula is C21H28N2O3. The lowest BCUT2D eigenvalue weighted by Gasteiger charge is -2.37. The lowest BCUT2D eigenvalue weighted by molar-refractivity contribution is -0.145. The molecule has 2 amide bonds. The van der Waals surface area contributed by atoms with Crippen molar-refractivity contribution in [2.75, 3.05) is 26.2 Å². The van der Waals surface area contributed by atoms with Crippen LogP contribution < -0.4 is 4.74 Å². The molecule has 0 N–H and O–H groups in total. The van der Waals surface area contributed by atoms with Crippen LogP contribution in [0.1, 0.15) is 44.1 Å². The van der Waals surface area contributed by atoms with Gasteiger partial charge in [0.2, 0.25) is 5.91 Å². The van der Waals surface area contributed by atoms with E-state index in [9.17, 15) is 9.59 Å². The predicted octanol–water partition coefficient (Wildman–Crippen LogP) is 2.63. The minimum absolute atomic E-state index is 0.0865. The largest absolute Gasteiger partial charge is 0.480 e. The van der Waals surface area contributed by atoms with Crippen LogP contribution in [0.25, 0.3) is 0 Å². The van der Waals surface area contributed by atoms with Gasteiger partial charge in [-0.15, -0.1) is 0 Å². The number of aryl methyl sites for hydroxylation is 1. The average Bonchev–Trinajstić information content (AvgIpc) is 2.73. The Balaban J connectivity index is 1.30. The first kappa shape index (κ1) is 17.4. The van der Waals surface area contributed by atoms with Crippen LogP contribution >= 0.6 is 0 Å². The Kier molecular flexibility index (Phi) is 5.14. The van der Waals surface area contributed by atoms with E-state index in [2.05, 4.69) is 6.07 Å². The molecule has 2 saturated heterocycles. The van der Waals surface area contributed by atoms with Crippen LogP contribution in [0.15, 0.2) is 24.3 Å². The van der Waals surface area contributed by atoms with Gasteiger partial charge in [0.1, 0.15) is 5.75 Å². The van der Waals surface area contributed by atoms with Crippen molar-refractivity contribution in [1.29, 1.82) is 0 Å². The highest BCUT2D eigenvalue weighted by atomic mass is 16.5. The van der Waals surface area contributed by atoms with E-state index in [0.717, 1.165) is 57.4 Å². The van der Waals surface area contributed by atoms with Crippen molar-refractivity contribution in [2.24, 2.45) is 5.92 Å². The third-order valence-electron chi connectivity index (χ3n) is 6.02. The minimum Gasteiger partial charge on any atom is -0.480 e. The number of piperidine rings is 2. The van der Waals surface area contributed by atoms with Gasteiger partial charge in [-0.2, -0.15) is 0 Å².